The zero-order valence-electron chi connectivity index (χ0n) is 11.3. The maximum Gasteiger partial charge on any atom is 0.355 e. The molecule has 2 heterocycles. The van der Waals surface area contributed by atoms with Crippen LogP contribution in [0.1, 0.15) is 40.4 Å². The summed E-state index contributed by atoms with van der Waals surface area (Å²) in [7, 11) is 0. The van der Waals surface area contributed by atoms with Gasteiger partial charge in [0, 0.05) is 5.38 Å². The smallest absolute Gasteiger partial charge is 0.355 e. The zero-order chi connectivity index (χ0) is 15.4. The van der Waals surface area contributed by atoms with Crippen molar-refractivity contribution in [1.29, 1.82) is 0 Å². The van der Waals surface area contributed by atoms with Gasteiger partial charge in [-0.25, -0.2) is 14.6 Å². The number of anilines is 1. The minimum absolute atomic E-state index is 0.0271. The predicted octanol–water partition coefficient (Wildman–Crippen LogP) is 2.14. The maximum atomic E-state index is 11.8. The molecule has 21 heavy (non-hydrogen) atoms. The van der Waals surface area contributed by atoms with E-state index in [0.29, 0.717) is 10.1 Å². The van der Waals surface area contributed by atoms with Gasteiger partial charge in [0.05, 0.1) is 6.04 Å². The van der Waals surface area contributed by atoms with Crippen LogP contribution in [0.5, 0.6) is 0 Å². The Balaban J connectivity index is 1.93. The van der Waals surface area contributed by atoms with E-state index in [2.05, 4.69) is 25.8 Å². The van der Waals surface area contributed by atoms with Crippen LogP contribution in [0.2, 0.25) is 0 Å². The van der Waals surface area contributed by atoms with Gasteiger partial charge >= 0.3 is 12.0 Å². The second kappa shape index (κ2) is 6.59. The number of hydrogen-bond donors (Lipinski definition) is 3. The van der Waals surface area contributed by atoms with E-state index in [1.807, 2.05) is 6.92 Å². The van der Waals surface area contributed by atoms with Crippen molar-refractivity contribution >= 4 is 39.8 Å². The van der Waals surface area contributed by atoms with Crippen LogP contribution in [0.15, 0.2) is 5.38 Å². The van der Waals surface area contributed by atoms with E-state index in [9.17, 15) is 9.59 Å². The number of carboxylic acids is 1. The summed E-state index contributed by atoms with van der Waals surface area (Å²) < 4.78 is 0. The second-order valence-electron chi connectivity index (χ2n) is 4.05. The fourth-order valence-corrected chi connectivity index (χ4v) is 2.90. The van der Waals surface area contributed by atoms with E-state index >= 15 is 0 Å². The van der Waals surface area contributed by atoms with Gasteiger partial charge in [-0.05, 0) is 13.3 Å². The van der Waals surface area contributed by atoms with Gasteiger partial charge in [0.2, 0.25) is 5.13 Å². The van der Waals surface area contributed by atoms with Crippen LogP contribution in [0.3, 0.4) is 0 Å². The minimum Gasteiger partial charge on any atom is -0.476 e. The van der Waals surface area contributed by atoms with E-state index < -0.39 is 18.0 Å². The number of carbonyl (C=O) groups excluding carboxylic acids is 1. The third kappa shape index (κ3) is 3.95. The topological polar surface area (TPSA) is 117 Å². The van der Waals surface area contributed by atoms with Crippen LogP contribution >= 0.6 is 22.7 Å². The number of aryl methyl sites for hydroxylation is 1. The average Bonchev–Trinajstić information content (AvgIpc) is 3.06. The molecule has 0 bridgehead atoms. The number of aromatic nitrogens is 3. The van der Waals surface area contributed by atoms with Gasteiger partial charge in [-0.3, -0.25) is 5.32 Å². The molecule has 8 nitrogen and oxygen atoms in total. The summed E-state index contributed by atoms with van der Waals surface area (Å²) in [6.07, 6.45) is 0.758. The number of hydrogen-bond acceptors (Lipinski definition) is 7. The Morgan fingerprint density at radius 2 is 2.19 bits per heavy atom. The highest BCUT2D eigenvalue weighted by atomic mass is 32.1. The highest BCUT2D eigenvalue weighted by molar-refractivity contribution is 7.15. The van der Waals surface area contributed by atoms with Crippen LogP contribution < -0.4 is 10.6 Å². The molecule has 0 radical (unpaired) electrons. The molecule has 2 aromatic rings. The van der Waals surface area contributed by atoms with Crippen molar-refractivity contribution in [2.75, 3.05) is 5.32 Å². The van der Waals surface area contributed by atoms with E-state index in [-0.39, 0.29) is 5.69 Å². The maximum absolute atomic E-state index is 11.8. The zero-order valence-corrected chi connectivity index (χ0v) is 12.9. The van der Waals surface area contributed by atoms with Gasteiger partial charge in [0.25, 0.3) is 0 Å². The minimum atomic E-state index is -1.09. The lowest BCUT2D eigenvalue weighted by Crippen LogP contribution is -2.31. The fraction of sp³-hybridized carbons (Fsp3) is 0.364. The Morgan fingerprint density at radius 3 is 2.76 bits per heavy atom. The van der Waals surface area contributed by atoms with Crippen molar-refractivity contribution in [3.8, 4) is 0 Å². The molecule has 2 rings (SSSR count). The number of aromatic carboxylic acids is 1. The number of nitrogens with zero attached hydrogens (tertiary/aromatic N) is 3. The predicted molar refractivity (Wildman–Crippen MR) is 78.9 cm³/mol. The van der Waals surface area contributed by atoms with Crippen molar-refractivity contribution in [3.63, 3.8) is 0 Å². The molecular weight excluding hydrogens is 314 g/mol. The summed E-state index contributed by atoms with van der Waals surface area (Å²) in [6.45, 7) is 3.68. The molecule has 0 fully saturated rings. The second-order valence-corrected chi connectivity index (χ2v) is 6.00. The Labute approximate surface area is 128 Å². The molecule has 0 aliphatic rings. The molecule has 0 saturated carbocycles. The molecule has 0 saturated heterocycles. The van der Waals surface area contributed by atoms with Crippen molar-refractivity contribution in [2.45, 2.75) is 26.3 Å². The number of nitrogens with one attached hydrogen (secondary N) is 2. The first-order valence-electron chi connectivity index (χ1n) is 6.08. The summed E-state index contributed by atoms with van der Waals surface area (Å²) in [5.41, 5.74) is -0.0271. The van der Waals surface area contributed by atoms with Crippen molar-refractivity contribution in [2.24, 2.45) is 0 Å². The number of amides is 2. The van der Waals surface area contributed by atoms with Gasteiger partial charge in [-0.1, -0.05) is 18.3 Å². The van der Waals surface area contributed by atoms with Crippen LogP contribution in [-0.2, 0) is 6.42 Å². The number of urea groups is 1. The highest BCUT2D eigenvalue weighted by Crippen LogP contribution is 2.19. The molecule has 0 spiro atoms. The fourth-order valence-electron chi connectivity index (χ4n) is 1.42. The SMILES string of the molecule is CCc1nnc(NC(=O)NC(C)c2nc(C(=O)O)cs2)s1. The van der Waals surface area contributed by atoms with Crippen LogP contribution in [-0.4, -0.2) is 32.3 Å². The molecule has 0 aromatic carbocycles. The normalized spacial score (nSPS) is 11.9. The van der Waals surface area contributed by atoms with E-state index in [4.69, 9.17) is 5.11 Å². The van der Waals surface area contributed by atoms with E-state index in [0.717, 1.165) is 11.4 Å². The Bertz CT molecular complexity index is 654. The molecule has 2 amide bonds. The molecule has 2 aromatic heterocycles. The molecule has 0 aliphatic heterocycles. The number of thiazole rings is 1. The Kier molecular flexibility index (Phi) is 4.81. The van der Waals surface area contributed by atoms with Crippen LogP contribution in [0.25, 0.3) is 0 Å². The van der Waals surface area contributed by atoms with E-state index in [1.165, 1.54) is 28.1 Å². The monoisotopic (exact) mass is 327 g/mol. The van der Waals surface area contributed by atoms with Gasteiger partial charge in [0.1, 0.15) is 10.0 Å². The largest absolute Gasteiger partial charge is 0.476 e. The average molecular weight is 327 g/mol. The Morgan fingerprint density at radius 1 is 1.43 bits per heavy atom. The van der Waals surface area contributed by atoms with Crippen molar-refractivity contribution < 1.29 is 14.7 Å². The van der Waals surface area contributed by atoms with Crippen LogP contribution in [0, 0.1) is 0 Å². The first-order chi connectivity index (χ1) is 9.99. The quantitative estimate of drug-likeness (QED) is 0.774. The highest BCUT2D eigenvalue weighted by Gasteiger charge is 2.16. The molecule has 0 aliphatic carbocycles. The van der Waals surface area contributed by atoms with Gasteiger partial charge in [0.15, 0.2) is 5.69 Å². The van der Waals surface area contributed by atoms with Gasteiger partial charge in [-0.2, -0.15) is 0 Å². The standard InChI is InChI=1S/C11H13N5O3S2/c1-3-7-15-16-11(21-7)14-10(19)12-5(2)8-13-6(4-20-8)9(17)18/h4-5H,3H2,1-2H3,(H,17,18)(H2,12,14,16,19). The Hall–Kier alpha value is -2.07. The molecule has 10 heteroatoms. The molecule has 1 atom stereocenters. The van der Waals surface area contributed by atoms with Gasteiger partial charge in [-0.15, -0.1) is 21.5 Å². The summed E-state index contributed by atoms with van der Waals surface area (Å²) >= 11 is 2.49. The third-order valence-corrected chi connectivity index (χ3v) is 4.46. The molecule has 112 valence electrons. The number of carbonyl (C=O) groups is 2. The third-order valence-electron chi connectivity index (χ3n) is 2.45. The van der Waals surface area contributed by atoms with Crippen molar-refractivity contribution in [1.82, 2.24) is 20.5 Å². The number of rotatable bonds is 5. The molecule has 3 N–H and O–H groups in total. The van der Waals surface area contributed by atoms with Crippen LogP contribution in [0.4, 0.5) is 9.93 Å². The lowest BCUT2D eigenvalue weighted by Gasteiger charge is -2.10. The number of carboxylic acid groups (broad SMARTS) is 1. The summed E-state index contributed by atoms with van der Waals surface area (Å²) in [5.74, 6) is -1.09. The van der Waals surface area contributed by atoms with E-state index in [1.54, 1.807) is 6.92 Å². The lowest BCUT2D eigenvalue weighted by molar-refractivity contribution is 0.0691. The van der Waals surface area contributed by atoms with Crippen molar-refractivity contribution in [3.05, 3.63) is 21.1 Å². The summed E-state index contributed by atoms with van der Waals surface area (Å²) in [5, 5.41) is 25.0. The molecular formula is C11H13N5O3S2. The van der Waals surface area contributed by atoms with Gasteiger partial charge < -0.3 is 10.4 Å². The summed E-state index contributed by atoms with van der Waals surface area (Å²) in [6, 6.07) is -0.838. The summed E-state index contributed by atoms with van der Waals surface area (Å²) in [4.78, 5) is 26.5. The first kappa shape index (κ1) is 15.3. The molecule has 1 unspecified atom stereocenters. The first-order valence-corrected chi connectivity index (χ1v) is 7.77. The lowest BCUT2D eigenvalue weighted by atomic mass is 10.3.